The second kappa shape index (κ2) is 9.01. The van der Waals surface area contributed by atoms with Gasteiger partial charge in [-0.1, -0.05) is 18.5 Å². The second-order valence-electron chi connectivity index (χ2n) is 5.82. The fraction of sp³-hybridized carbons (Fsp3) is 0.625. The number of ether oxygens (including phenoxy) is 1. The van der Waals surface area contributed by atoms with Crippen LogP contribution in [0, 0.1) is 0 Å². The molecule has 8 heteroatoms. The summed E-state index contributed by atoms with van der Waals surface area (Å²) in [4.78, 5) is 4.96. The lowest BCUT2D eigenvalue weighted by Gasteiger charge is -2.33. The Hall–Kier alpha value is -0.860. The lowest BCUT2D eigenvalue weighted by Crippen LogP contribution is -2.46. The molecule has 0 spiro atoms. The van der Waals surface area contributed by atoms with Gasteiger partial charge in [0.25, 0.3) is 0 Å². The Bertz CT molecular complexity index is 631. The van der Waals surface area contributed by atoms with Gasteiger partial charge in [-0.2, -0.15) is 0 Å². The summed E-state index contributed by atoms with van der Waals surface area (Å²) in [6.07, 6.45) is 0.787. The van der Waals surface area contributed by atoms with E-state index in [0.717, 1.165) is 45.7 Å². The van der Waals surface area contributed by atoms with Crippen LogP contribution in [0.2, 0.25) is 5.02 Å². The zero-order chi connectivity index (χ0) is 17.6. The first kappa shape index (κ1) is 19.5. The number of methoxy groups -OCH3 is 1. The molecule has 1 heterocycles. The number of halogens is 1. The molecular formula is C16H26ClN3O3S. The summed E-state index contributed by atoms with van der Waals surface area (Å²) >= 11 is 5.99. The van der Waals surface area contributed by atoms with Gasteiger partial charge < -0.3 is 14.5 Å². The summed E-state index contributed by atoms with van der Waals surface area (Å²) < 4.78 is 32.2. The van der Waals surface area contributed by atoms with E-state index in [1.807, 2.05) is 0 Å². The number of nitrogens with one attached hydrogen (secondary N) is 1. The first-order valence-electron chi connectivity index (χ1n) is 8.24. The van der Waals surface area contributed by atoms with Crippen molar-refractivity contribution in [1.82, 2.24) is 14.5 Å². The van der Waals surface area contributed by atoms with E-state index in [9.17, 15) is 8.42 Å². The van der Waals surface area contributed by atoms with E-state index < -0.39 is 10.0 Å². The molecule has 1 aromatic rings. The van der Waals surface area contributed by atoms with Crippen LogP contribution in [0.25, 0.3) is 0 Å². The minimum atomic E-state index is -3.54. The highest BCUT2D eigenvalue weighted by Crippen LogP contribution is 2.26. The summed E-state index contributed by atoms with van der Waals surface area (Å²) in [5.74, 6) is 0.460. The van der Waals surface area contributed by atoms with Gasteiger partial charge in [0.2, 0.25) is 10.0 Å². The fourth-order valence-corrected chi connectivity index (χ4v) is 4.16. The van der Waals surface area contributed by atoms with Crippen molar-refractivity contribution in [3.8, 4) is 5.75 Å². The van der Waals surface area contributed by atoms with Crippen molar-refractivity contribution in [2.45, 2.75) is 18.2 Å². The van der Waals surface area contributed by atoms with Crippen molar-refractivity contribution < 1.29 is 13.2 Å². The van der Waals surface area contributed by atoms with Gasteiger partial charge >= 0.3 is 0 Å². The molecule has 0 amide bonds. The van der Waals surface area contributed by atoms with Gasteiger partial charge in [0.1, 0.15) is 5.75 Å². The summed E-state index contributed by atoms with van der Waals surface area (Å²) in [5.41, 5.74) is 0. The van der Waals surface area contributed by atoms with Gasteiger partial charge in [-0.25, -0.2) is 13.1 Å². The SMILES string of the molecule is CCN1CCN(CCCNS(=O)(=O)c2ccc(OC)c(Cl)c2)CC1. The van der Waals surface area contributed by atoms with Gasteiger partial charge in [0.15, 0.2) is 0 Å². The molecule has 0 aliphatic carbocycles. The number of nitrogens with zero attached hydrogens (tertiary/aromatic N) is 2. The minimum Gasteiger partial charge on any atom is -0.495 e. The van der Waals surface area contributed by atoms with E-state index >= 15 is 0 Å². The fourth-order valence-electron chi connectivity index (χ4n) is 2.74. The predicted molar refractivity (Wildman–Crippen MR) is 96.4 cm³/mol. The van der Waals surface area contributed by atoms with Crippen LogP contribution in [-0.2, 0) is 10.0 Å². The van der Waals surface area contributed by atoms with Crippen LogP contribution in [0.5, 0.6) is 5.75 Å². The normalized spacial score (nSPS) is 17.1. The van der Waals surface area contributed by atoms with E-state index in [0.29, 0.717) is 12.3 Å². The first-order valence-corrected chi connectivity index (χ1v) is 10.1. The van der Waals surface area contributed by atoms with Crippen molar-refractivity contribution in [2.75, 3.05) is 52.9 Å². The van der Waals surface area contributed by atoms with Crippen molar-refractivity contribution in [3.63, 3.8) is 0 Å². The van der Waals surface area contributed by atoms with Crippen molar-refractivity contribution in [3.05, 3.63) is 23.2 Å². The molecule has 2 rings (SSSR count). The number of sulfonamides is 1. The van der Waals surface area contributed by atoms with Gasteiger partial charge in [0, 0.05) is 32.7 Å². The average molecular weight is 376 g/mol. The third kappa shape index (κ3) is 5.32. The van der Waals surface area contributed by atoms with Crippen molar-refractivity contribution in [2.24, 2.45) is 0 Å². The molecule has 1 aliphatic rings. The first-order chi connectivity index (χ1) is 11.5. The molecule has 1 aromatic carbocycles. The summed E-state index contributed by atoms with van der Waals surface area (Å²) in [6.45, 7) is 8.87. The molecule has 1 N–H and O–H groups in total. The van der Waals surface area contributed by atoms with Crippen LogP contribution in [-0.4, -0.2) is 71.1 Å². The maximum absolute atomic E-state index is 12.3. The lowest BCUT2D eigenvalue weighted by molar-refractivity contribution is 0.136. The average Bonchev–Trinajstić information content (AvgIpc) is 2.59. The van der Waals surface area contributed by atoms with Gasteiger partial charge in [0.05, 0.1) is 17.0 Å². The van der Waals surface area contributed by atoms with E-state index in [4.69, 9.17) is 16.3 Å². The number of piperazine rings is 1. The second-order valence-corrected chi connectivity index (χ2v) is 8.00. The highest BCUT2D eigenvalue weighted by atomic mass is 35.5. The topological polar surface area (TPSA) is 61.9 Å². The number of rotatable bonds is 8. The van der Waals surface area contributed by atoms with Crippen LogP contribution >= 0.6 is 11.6 Å². The summed E-state index contributed by atoms with van der Waals surface area (Å²) in [7, 11) is -2.05. The predicted octanol–water partition coefficient (Wildman–Crippen LogP) is 1.65. The maximum Gasteiger partial charge on any atom is 0.240 e. The van der Waals surface area contributed by atoms with Crippen LogP contribution in [0.15, 0.2) is 23.1 Å². The van der Waals surface area contributed by atoms with Crippen LogP contribution in [0.1, 0.15) is 13.3 Å². The highest BCUT2D eigenvalue weighted by Gasteiger charge is 2.17. The molecule has 0 saturated carbocycles. The van der Waals surface area contributed by atoms with E-state index in [-0.39, 0.29) is 9.92 Å². The summed E-state index contributed by atoms with van der Waals surface area (Å²) in [5, 5.41) is 0.286. The molecule has 1 saturated heterocycles. The Morgan fingerprint density at radius 3 is 2.46 bits per heavy atom. The molecule has 0 unspecified atom stereocenters. The van der Waals surface area contributed by atoms with Crippen molar-refractivity contribution >= 4 is 21.6 Å². The number of benzene rings is 1. The molecule has 0 atom stereocenters. The molecule has 1 fully saturated rings. The van der Waals surface area contributed by atoms with E-state index in [2.05, 4.69) is 21.4 Å². The van der Waals surface area contributed by atoms with Crippen molar-refractivity contribution in [1.29, 1.82) is 0 Å². The summed E-state index contributed by atoms with van der Waals surface area (Å²) in [6, 6.07) is 4.47. The van der Waals surface area contributed by atoms with Gasteiger partial charge in [-0.3, -0.25) is 0 Å². The molecule has 0 radical (unpaired) electrons. The quantitative estimate of drug-likeness (QED) is 0.700. The van der Waals surface area contributed by atoms with Crippen LogP contribution in [0.4, 0.5) is 0 Å². The zero-order valence-electron chi connectivity index (χ0n) is 14.3. The monoisotopic (exact) mass is 375 g/mol. The Balaban J connectivity index is 1.78. The third-order valence-corrected chi connectivity index (χ3v) is 6.04. The Kier molecular flexibility index (Phi) is 7.31. The van der Waals surface area contributed by atoms with Gasteiger partial charge in [-0.05, 0) is 37.7 Å². The molecule has 136 valence electrons. The maximum atomic E-state index is 12.3. The lowest BCUT2D eigenvalue weighted by atomic mass is 10.3. The number of hydrogen-bond acceptors (Lipinski definition) is 5. The van der Waals surface area contributed by atoms with Gasteiger partial charge in [-0.15, -0.1) is 0 Å². The van der Waals surface area contributed by atoms with E-state index in [1.165, 1.54) is 19.2 Å². The Labute approximate surface area is 149 Å². The smallest absolute Gasteiger partial charge is 0.240 e. The third-order valence-electron chi connectivity index (χ3n) is 4.29. The molecular weight excluding hydrogens is 350 g/mol. The van der Waals surface area contributed by atoms with Crippen LogP contribution in [0.3, 0.4) is 0 Å². The highest BCUT2D eigenvalue weighted by molar-refractivity contribution is 7.89. The number of hydrogen-bond donors (Lipinski definition) is 1. The van der Waals surface area contributed by atoms with Crippen LogP contribution < -0.4 is 9.46 Å². The molecule has 6 nitrogen and oxygen atoms in total. The Morgan fingerprint density at radius 1 is 1.21 bits per heavy atom. The molecule has 24 heavy (non-hydrogen) atoms. The molecule has 0 bridgehead atoms. The molecule has 1 aliphatic heterocycles. The molecule has 0 aromatic heterocycles. The number of likely N-dealkylation sites (N-methyl/N-ethyl adjacent to an activating group) is 1. The zero-order valence-corrected chi connectivity index (χ0v) is 15.9. The van der Waals surface area contributed by atoms with E-state index in [1.54, 1.807) is 6.07 Å². The Morgan fingerprint density at radius 2 is 1.88 bits per heavy atom. The standard InChI is InChI=1S/C16H26ClN3O3S/c1-3-19-9-11-20(12-10-19)8-4-7-18-24(21,22)14-5-6-16(23-2)15(17)13-14/h5-6,13,18H,3-4,7-12H2,1-2H3. The minimum absolute atomic E-state index is 0.157. The largest absolute Gasteiger partial charge is 0.495 e.